The molecule has 0 radical (unpaired) electrons. The van der Waals surface area contributed by atoms with E-state index in [9.17, 15) is 13.2 Å². The van der Waals surface area contributed by atoms with Gasteiger partial charge in [0.25, 0.3) is 0 Å². The van der Waals surface area contributed by atoms with E-state index in [4.69, 9.17) is 27.6 Å². The summed E-state index contributed by atoms with van der Waals surface area (Å²) in [6.07, 6.45) is 4.25. The fourth-order valence-electron chi connectivity index (χ4n) is 7.29. The van der Waals surface area contributed by atoms with Crippen LogP contribution in [0, 0.1) is 5.92 Å². The van der Waals surface area contributed by atoms with E-state index in [0.29, 0.717) is 39.5 Å². The molecule has 2 aromatic rings. The summed E-state index contributed by atoms with van der Waals surface area (Å²) >= 11 is 13.9. The van der Waals surface area contributed by atoms with Gasteiger partial charge >= 0.3 is 0 Å². The maximum atomic E-state index is 12.7. The van der Waals surface area contributed by atoms with Gasteiger partial charge in [0, 0.05) is 48.3 Å². The average molecular weight is 654 g/mol. The first-order valence-electron chi connectivity index (χ1n) is 15.2. The summed E-state index contributed by atoms with van der Waals surface area (Å²) < 4.78 is 31.2. The molecule has 42 heavy (non-hydrogen) atoms. The number of nitrogens with zero attached hydrogens (tertiary/aromatic N) is 2. The standard InChI is InChI=1S/C32H46Cl2N2O4SSi/c1-21(2)42(22(3)4,23(5)6)40-31-14-16-35(36-15-8-9-32(36)37)20-26(31)17-28-29(33)18-25(19-30(28)34)24-10-12-27(13-11-24)41(7,38)39/h10-13,18-19,21-23,26,31H,8-9,14-17,20H2,1-7H3. The third-order valence-electron chi connectivity index (χ3n) is 9.32. The molecule has 4 rings (SSSR count). The van der Waals surface area contributed by atoms with Crippen LogP contribution in [0.1, 0.15) is 66.4 Å². The zero-order valence-electron chi connectivity index (χ0n) is 26.0. The molecule has 2 atom stereocenters. The molecule has 1 amide bonds. The molecule has 232 valence electrons. The van der Waals surface area contributed by atoms with Gasteiger partial charge in [-0.2, -0.15) is 0 Å². The lowest BCUT2D eigenvalue weighted by atomic mass is 9.88. The van der Waals surface area contributed by atoms with E-state index in [0.717, 1.165) is 49.2 Å². The molecule has 0 aromatic heterocycles. The minimum Gasteiger partial charge on any atom is -0.413 e. The minimum atomic E-state index is -3.28. The number of hydrogen-bond acceptors (Lipinski definition) is 5. The number of amides is 1. The third kappa shape index (κ3) is 6.94. The van der Waals surface area contributed by atoms with Crippen molar-refractivity contribution in [1.82, 2.24) is 10.0 Å². The minimum absolute atomic E-state index is 0.0492. The summed E-state index contributed by atoms with van der Waals surface area (Å²) in [7, 11) is -5.43. The van der Waals surface area contributed by atoms with Crippen LogP contribution in [0.3, 0.4) is 0 Å². The third-order valence-corrected chi connectivity index (χ3v) is 17.2. The van der Waals surface area contributed by atoms with Crippen molar-refractivity contribution in [3.63, 3.8) is 0 Å². The summed E-state index contributed by atoms with van der Waals surface area (Å²) in [5.74, 6) is 0.316. The van der Waals surface area contributed by atoms with E-state index in [1.54, 1.807) is 24.3 Å². The molecule has 0 spiro atoms. The molecular formula is C32H46Cl2N2O4SSi. The van der Waals surface area contributed by atoms with Gasteiger partial charge in [-0.15, -0.1) is 0 Å². The van der Waals surface area contributed by atoms with E-state index in [2.05, 4.69) is 46.6 Å². The second-order valence-corrected chi connectivity index (χ2v) is 21.2. The van der Waals surface area contributed by atoms with E-state index < -0.39 is 18.2 Å². The number of sulfone groups is 1. The molecule has 2 heterocycles. The molecule has 2 unspecified atom stereocenters. The Morgan fingerprint density at radius 3 is 1.98 bits per heavy atom. The summed E-state index contributed by atoms with van der Waals surface area (Å²) in [4.78, 5) is 12.9. The summed E-state index contributed by atoms with van der Waals surface area (Å²) in [6, 6.07) is 10.6. The molecule has 6 nitrogen and oxygen atoms in total. The number of hydrogen-bond donors (Lipinski definition) is 0. The highest BCUT2D eigenvalue weighted by Gasteiger charge is 2.49. The van der Waals surface area contributed by atoms with Crippen LogP contribution in [-0.2, 0) is 25.5 Å². The lowest BCUT2D eigenvalue weighted by Crippen LogP contribution is -2.57. The topological polar surface area (TPSA) is 66.9 Å². The lowest BCUT2D eigenvalue weighted by Gasteiger charge is -2.49. The van der Waals surface area contributed by atoms with Crippen LogP contribution in [0.5, 0.6) is 0 Å². The molecule has 2 aromatic carbocycles. The zero-order chi connectivity index (χ0) is 31.0. The quantitative estimate of drug-likeness (QED) is 0.243. The number of hydrazine groups is 1. The Bertz CT molecular complexity index is 1340. The highest BCUT2D eigenvalue weighted by Crippen LogP contribution is 2.45. The molecule has 2 aliphatic heterocycles. The van der Waals surface area contributed by atoms with E-state index in [1.807, 2.05) is 17.1 Å². The Balaban J connectivity index is 1.66. The Morgan fingerprint density at radius 2 is 1.50 bits per heavy atom. The average Bonchev–Trinajstić information content (AvgIpc) is 3.34. The summed E-state index contributed by atoms with van der Waals surface area (Å²) in [6.45, 7) is 16.2. The molecule has 0 aliphatic carbocycles. The highest BCUT2D eigenvalue weighted by molar-refractivity contribution is 7.90. The molecular weight excluding hydrogens is 607 g/mol. The van der Waals surface area contributed by atoms with Crippen molar-refractivity contribution in [3.05, 3.63) is 52.0 Å². The predicted molar refractivity (Wildman–Crippen MR) is 175 cm³/mol. The molecule has 10 heteroatoms. The number of halogens is 2. The van der Waals surface area contributed by atoms with Crippen molar-refractivity contribution in [2.75, 3.05) is 25.9 Å². The van der Waals surface area contributed by atoms with E-state index in [-0.39, 0.29) is 22.8 Å². The largest absolute Gasteiger partial charge is 0.413 e. The van der Waals surface area contributed by atoms with Crippen LogP contribution in [-0.4, -0.2) is 64.7 Å². The maximum Gasteiger partial charge on any atom is 0.236 e. The summed E-state index contributed by atoms with van der Waals surface area (Å²) in [5.41, 5.74) is 3.97. The van der Waals surface area contributed by atoms with Crippen molar-refractivity contribution in [2.24, 2.45) is 5.92 Å². The van der Waals surface area contributed by atoms with Gasteiger partial charge in [0.2, 0.25) is 14.2 Å². The Kier molecular flexibility index (Phi) is 10.6. The Morgan fingerprint density at radius 1 is 0.929 bits per heavy atom. The SMILES string of the molecule is CC(C)[Si](OC1CCN(N2CCCC2=O)CC1Cc1c(Cl)cc(-c2ccc(S(C)(=O)=O)cc2)cc1Cl)(C(C)C)C(C)C. The fourth-order valence-corrected chi connectivity index (χ4v) is 14.2. The van der Waals surface area contributed by atoms with Crippen molar-refractivity contribution in [3.8, 4) is 11.1 Å². The van der Waals surface area contributed by atoms with Gasteiger partial charge in [-0.25, -0.2) is 13.4 Å². The molecule has 2 aliphatic rings. The summed E-state index contributed by atoms with van der Waals surface area (Å²) in [5, 5.41) is 5.33. The van der Waals surface area contributed by atoms with Crippen molar-refractivity contribution >= 4 is 47.3 Å². The molecule has 0 N–H and O–H groups in total. The Labute approximate surface area is 263 Å². The van der Waals surface area contributed by atoms with Crippen LogP contribution in [0.2, 0.25) is 26.7 Å². The highest BCUT2D eigenvalue weighted by atomic mass is 35.5. The number of benzene rings is 2. The normalized spacial score (nSPS) is 20.9. The molecule has 0 saturated carbocycles. The van der Waals surface area contributed by atoms with Crippen LogP contribution in [0.15, 0.2) is 41.3 Å². The first-order chi connectivity index (χ1) is 19.6. The Hall–Kier alpha value is -1.42. The molecule has 2 saturated heterocycles. The second kappa shape index (κ2) is 13.3. The maximum absolute atomic E-state index is 12.7. The van der Waals surface area contributed by atoms with Crippen molar-refractivity contribution in [1.29, 1.82) is 0 Å². The second-order valence-electron chi connectivity index (χ2n) is 13.0. The van der Waals surface area contributed by atoms with Gasteiger partial charge in [-0.05, 0) is 76.8 Å². The predicted octanol–water partition coefficient (Wildman–Crippen LogP) is 8.03. The number of piperidine rings is 1. The van der Waals surface area contributed by atoms with Gasteiger partial charge in [0.15, 0.2) is 9.84 Å². The van der Waals surface area contributed by atoms with Gasteiger partial charge < -0.3 is 4.43 Å². The van der Waals surface area contributed by atoms with Gasteiger partial charge in [-0.3, -0.25) is 9.80 Å². The molecule has 2 fully saturated rings. The van der Waals surface area contributed by atoms with Crippen LogP contribution in [0.25, 0.3) is 11.1 Å². The molecule has 0 bridgehead atoms. The fraction of sp³-hybridized carbons (Fsp3) is 0.594. The van der Waals surface area contributed by atoms with Gasteiger partial charge in [0.1, 0.15) is 0 Å². The van der Waals surface area contributed by atoms with E-state index >= 15 is 0 Å². The van der Waals surface area contributed by atoms with Gasteiger partial charge in [-0.1, -0.05) is 76.9 Å². The number of carbonyl (C=O) groups excluding carboxylic acids is 1. The zero-order valence-corrected chi connectivity index (χ0v) is 29.3. The first kappa shape index (κ1) is 33.5. The van der Waals surface area contributed by atoms with Crippen molar-refractivity contribution in [2.45, 2.75) is 94.8 Å². The first-order valence-corrected chi connectivity index (χ1v) is 19.9. The number of carbonyl (C=O) groups is 1. The van der Waals surface area contributed by atoms with Crippen LogP contribution >= 0.6 is 23.2 Å². The number of rotatable bonds is 10. The van der Waals surface area contributed by atoms with Crippen LogP contribution in [0.4, 0.5) is 0 Å². The smallest absolute Gasteiger partial charge is 0.236 e. The monoisotopic (exact) mass is 652 g/mol. The van der Waals surface area contributed by atoms with Crippen molar-refractivity contribution < 1.29 is 17.6 Å². The van der Waals surface area contributed by atoms with Gasteiger partial charge in [0.05, 0.1) is 11.0 Å². The van der Waals surface area contributed by atoms with Crippen LogP contribution < -0.4 is 0 Å². The lowest BCUT2D eigenvalue weighted by molar-refractivity contribution is -0.149. The van der Waals surface area contributed by atoms with E-state index in [1.165, 1.54) is 6.26 Å².